The molecular weight excluding hydrogens is 264 g/mol. The number of hydrogen-bond acceptors (Lipinski definition) is 4. The predicted molar refractivity (Wildman–Crippen MR) is 83.8 cm³/mol. The summed E-state index contributed by atoms with van der Waals surface area (Å²) in [6, 6.07) is 11.4. The van der Waals surface area contributed by atoms with Crippen molar-refractivity contribution in [1.82, 2.24) is 10.2 Å². The highest BCUT2D eigenvalue weighted by Gasteiger charge is 2.26. The molecule has 3 rings (SSSR count). The van der Waals surface area contributed by atoms with E-state index in [9.17, 15) is 0 Å². The summed E-state index contributed by atoms with van der Waals surface area (Å²) in [5.41, 5.74) is 0. The van der Waals surface area contributed by atoms with Crippen LogP contribution in [0.4, 0.5) is 0 Å². The molecule has 1 aliphatic heterocycles. The molecule has 4 nitrogen and oxygen atoms in total. The molecule has 1 N–H and O–H groups in total. The van der Waals surface area contributed by atoms with E-state index in [4.69, 9.17) is 9.47 Å². The number of rotatable bonds is 8. The van der Waals surface area contributed by atoms with Crippen molar-refractivity contribution in [2.45, 2.75) is 31.3 Å². The van der Waals surface area contributed by atoms with E-state index in [1.54, 1.807) is 0 Å². The van der Waals surface area contributed by atoms with Gasteiger partial charge in [-0.15, -0.1) is 0 Å². The highest BCUT2D eigenvalue weighted by Crippen LogP contribution is 2.19. The molecule has 0 bridgehead atoms. The molecule has 116 valence electrons. The number of ether oxygens (including phenoxy) is 2. The molecule has 0 aromatic heterocycles. The van der Waals surface area contributed by atoms with E-state index < -0.39 is 0 Å². The molecule has 1 saturated heterocycles. The van der Waals surface area contributed by atoms with Gasteiger partial charge in [0, 0.05) is 31.7 Å². The van der Waals surface area contributed by atoms with Crippen molar-refractivity contribution in [2.75, 3.05) is 39.5 Å². The first-order valence-corrected chi connectivity index (χ1v) is 8.15. The van der Waals surface area contributed by atoms with Crippen molar-refractivity contribution in [3.05, 3.63) is 30.3 Å². The third-order valence-corrected chi connectivity index (χ3v) is 4.17. The number of morpholine rings is 1. The number of nitrogens with one attached hydrogen (secondary N) is 1. The van der Waals surface area contributed by atoms with Crippen LogP contribution in [0.3, 0.4) is 0 Å². The number of para-hydroxylation sites is 1. The highest BCUT2D eigenvalue weighted by atomic mass is 16.5. The van der Waals surface area contributed by atoms with Crippen LogP contribution in [0.15, 0.2) is 30.3 Å². The maximum absolute atomic E-state index is 5.77. The molecule has 21 heavy (non-hydrogen) atoms. The molecule has 0 radical (unpaired) electrons. The molecule has 4 heteroatoms. The topological polar surface area (TPSA) is 33.7 Å². The van der Waals surface area contributed by atoms with Gasteiger partial charge in [0.1, 0.15) is 5.75 Å². The van der Waals surface area contributed by atoms with Crippen LogP contribution >= 0.6 is 0 Å². The molecule has 1 atom stereocenters. The van der Waals surface area contributed by atoms with E-state index in [1.165, 1.54) is 12.8 Å². The summed E-state index contributed by atoms with van der Waals surface area (Å²) in [6.07, 6.45) is 3.76. The van der Waals surface area contributed by atoms with Crippen LogP contribution in [-0.2, 0) is 4.74 Å². The first-order chi connectivity index (χ1) is 10.4. The average molecular weight is 290 g/mol. The van der Waals surface area contributed by atoms with Crippen molar-refractivity contribution < 1.29 is 9.47 Å². The van der Waals surface area contributed by atoms with Crippen molar-refractivity contribution >= 4 is 0 Å². The Balaban J connectivity index is 1.35. The Morgan fingerprint density at radius 2 is 2.10 bits per heavy atom. The largest absolute Gasteiger partial charge is 0.494 e. The third kappa shape index (κ3) is 4.99. The summed E-state index contributed by atoms with van der Waals surface area (Å²) >= 11 is 0. The van der Waals surface area contributed by atoms with E-state index in [1.807, 2.05) is 30.3 Å². The van der Waals surface area contributed by atoms with Gasteiger partial charge in [-0.25, -0.2) is 0 Å². The van der Waals surface area contributed by atoms with Gasteiger partial charge in [-0.3, -0.25) is 4.90 Å². The summed E-state index contributed by atoms with van der Waals surface area (Å²) in [5.74, 6) is 0.964. The molecule has 2 fully saturated rings. The van der Waals surface area contributed by atoms with E-state index in [0.717, 1.165) is 57.7 Å². The monoisotopic (exact) mass is 290 g/mol. The zero-order chi connectivity index (χ0) is 14.3. The Hall–Kier alpha value is -1.10. The lowest BCUT2D eigenvalue weighted by molar-refractivity contribution is -0.00857. The molecule has 0 spiro atoms. The Morgan fingerprint density at radius 1 is 1.24 bits per heavy atom. The summed E-state index contributed by atoms with van der Waals surface area (Å²) in [5, 5.41) is 3.62. The first-order valence-electron chi connectivity index (χ1n) is 8.15. The number of hydrogen-bond donors (Lipinski definition) is 1. The standard InChI is InChI=1S/C17H26N2O2/c1-2-5-17(6-3-1)21-11-4-9-19-10-12-20-14-16(19)13-18-15-7-8-15/h1-3,5-6,15-16,18H,4,7-14H2. The fourth-order valence-corrected chi connectivity index (χ4v) is 2.74. The molecule has 1 aromatic carbocycles. The van der Waals surface area contributed by atoms with Gasteiger partial charge in [0.05, 0.1) is 19.8 Å². The van der Waals surface area contributed by atoms with Gasteiger partial charge < -0.3 is 14.8 Å². The van der Waals surface area contributed by atoms with E-state index in [2.05, 4.69) is 10.2 Å². The average Bonchev–Trinajstić information content (AvgIpc) is 3.36. The fraction of sp³-hybridized carbons (Fsp3) is 0.647. The van der Waals surface area contributed by atoms with Gasteiger partial charge in [0.25, 0.3) is 0 Å². The van der Waals surface area contributed by atoms with Crippen molar-refractivity contribution in [2.24, 2.45) is 0 Å². The lowest BCUT2D eigenvalue weighted by atomic mass is 10.2. The lowest BCUT2D eigenvalue weighted by Crippen LogP contribution is -2.51. The van der Waals surface area contributed by atoms with E-state index >= 15 is 0 Å². The Morgan fingerprint density at radius 3 is 2.90 bits per heavy atom. The Labute approximate surface area is 127 Å². The van der Waals surface area contributed by atoms with E-state index in [-0.39, 0.29) is 0 Å². The van der Waals surface area contributed by atoms with Crippen LogP contribution in [0.5, 0.6) is 5.75 Å². The van der Waals surface area contributed by atoms with Gasteiger partial charge in [-0.2, -0.15) is 0 Å². The SMILES string of the molecule is c1ccc(OCCCN2CCOCC2CNC2CC2)cc1. The van der Waals surface area contributed by atoms with Gasteiger partial charge in [-0.1, -0.05) is 18.2 Å². The maximum Gasteiger partial charge on any atom is 0.119 e. The third-order valence-electron chi connectivity index (χ3n) is 4.17. The number of nitrogens with zero attached hydrogens (tertiary/aromatic N) is 1. The second kappa shape index (κ2) is 7.78. The smallest absolute Gasteiger partial charge is 0.119 e. The van der Waals surface area contributed by atoms with Gasteiger partial charge in [0.15, 0.2) is 0 Å². The quantitative estimate of drug-likeness (QED) is 0.742. The Kier molecular flexibility index (Phi) is 5.49. The van der Waals surface area contributed by atoms with Crippen LogP contribution in [-0.4, -0.2) is 56.4 Å². The highest BCUT2D eigenvalue weighted by molar-refractivity contribution is 5.20. The molecule has 1 aromatic rings. The lowest BCUT2D eigenvalue weighted by Gasteiger charge is -2.35. The summed E-state index contributed by atoms with van der Waals surface area (Å²) in [7, 11) is 0. The van der Waals surface area contributed by atoms with Gasteiger partial charge >= 0.3 is 0 Å². The van der Waals surface area contributed by atoms with Gasteiger partial charge in [0.2, 0.25) is 0 Å². The molecule has 1 saturated carbocycles. The van der Waals surface area contributed by atoms with Crippen LogP contribution < -0.4 is 10.1 Å². The zero-order valence-electron chi connectivity index (χ0n) is 12.7. The molecule has 0 amide bonds. The van der Waals surface area contributed by atoms with Gasteiger partial charge in [-0.05, 0) is 31.4 Å². The minimum Gasteiger partial charge on any atom is -0.494 e. The van der Waals surface area contributed by atoms with Crippen molar-refractivity contribution in [3.63, 3.8) is 0 Å². The second-order valence-electron chi connectivity index (χ2n) is 5.96. The summed E-state index contributed by atoms with van der Waals surface area (Å²) < 4.78 is 11.4. The normalized spacial score (nSPS) is 23.1. The van der Waals surface area contributed by atoms with Crippen LogP contribution in [0.2, 0.25) is 0 Å². The molecule has 1 heterocycles. The van der Waals surface area contributed by atoms with Crippen LogP contribution in [0.1, 0.15) is 19.3 Å². The fourth-order valence-electron chi connectivity index (χ4n) is 2.74. The second-order valence-corrected chi connectivity index (χ2v) is 5.96. The van der Waals surface area contributed by atoms with Crippen molar-refractivity contribution in [1.29, 1.82) is 0 Å². The van der Waals surface area contributed by atoms with E-state index in [0.29, 0.717) is 6.04 Å². The maximum atomic E-state index is 5.77. The predicted octanol–water partition coefficient (Wildman–Crippen LogP) is 1.91. The molecular formula is C17H26N2O2. The number of benzene rings is 1. The van der Waals surface area contributed by atoms with Crippen LogP contribution in [0.25, 0.3) is 0 Å². The summed E-state index contributed by atoms with van der Waals surface area (Å²) in [4.78, 5) is 2.55. The minimum absolute atomic E-state index is 0.524. The molecule has 2 aliphatic rings. The zero-order valence-corrected chi connectivity index (χ0v) is 12.7. The molecule has 1 aliphatic carbocycles. The Bertz CT molecular complexity index is 409. The molecule has 1 unspecified atom stereocenters. The summed E-state index contributed by atoms with van der Waals surface area (Å²) in [6.45, 7) is 5.70. The van der Waals surface area contributed by atoms with Crippen LogP contribution in [0, 0.1) is 0 Å². The first kappa shape index (κ1) is 14.8. The van der Waals surface area contributed by atoms with Crippen molar-refractivity contribution in [3.8, 4) is 5.75 Å². The minimum atomic E-state index is 0.524.